The molecule has 188 valence electrons. The summed E-state index contributed by atoms with van der Waals surface area (Å²) in [7, 11) is 0. The zero-order chi connectivity index (χ0) is 22.5. The molecule has 0 N–H and O–H groups in total. The molecule has 3 heteroatoms. The average Bonchev–Trinajstić information content (AvgIpc) is 2.83. The molecule has 0 amide bonds. The van der Waals surface area contributed by atoms with Gasteiger partial charge >= 0.3 is 0 Å². The largest absolute Gasteiger partial charge is 0.324 e. The van der Waals surface area contributed by atoms with Crippen molar-refractivity contribution in [3.8, 4) is 0 Å². The molecule has 0 saturated heterocycles. The van der Waals surface area contributed by atoms with Crippen molar-refractivity contribution >= 4 is 0 Å². The van der Waals surface area contributed by atoms with Crippen LogP contribution in [-0.2, 0) is 14.2 Å². The van der Waals surface area contributed by atoms with Crippen LogP contribution in [0.5, 0.6) is 0 Å². The van der Waals surface area contributed by atoms with E-state index in [1.165, 1.54) is 135 Å². The maximum absolute atomic E-state index is 7.00. The quantitative estimate of drug-likeness (QED) is 0.195. The minimum Gasteiger partial charge on any atom is -0.324 e. The summed E-state index contributed by atoms with van der Waals surface area (Å²) < 4.78 is 21.0. The minimum atomic E-state index is -0.824. The van der Waals surface area contributed by atoms with E-state index in [2.05, 4.69) is 13.8 Å². The standard InChI is InChI=1S/C29H54O3/c1-3-4-5-6-7-11-18-25(2)29(30-26-19-12-8-13-20-26,31-27-21-14-9-15-22-27)32-28-23-16-10-17-24-28/h25-28H,3-24H2,1-2H3. The van der Waals surface area contributed by atoms with Gasteiger partial charge in [0.25, 0.3) is 5.97 Å². The Hall–Kier alpha value is -0.120. The van der Waals surface area contributed by atoms with Crippen molar-refractivity contribution in [2.24, 2.45) is 5.92 Å². The Kier molecular flexibility index (Phi) is 12.4. The third kappa shape index (κ3) is 8.91. The average molecular weight is 451 g/mol. The van der Waals surface area contributed by atoms with Gasteiger partial charge in [-0.1, -0.05) is 110 Å². The van der Waals surface area contributed by atoms with Gasteiger partial charge in [0.15, 0.2) is 0 Å². The predicted molar refractivity (Wildman–Crippen MR) is 134 cm³/mol. The maximum Gasteiger partial charge on any atom is 0.286 e. The number of hydrogen-bond acceptors (Lipinski definition) is 3. The van der Waals surface area contributed by atoms with Crippen LogP contribution in [0.4, 0.5) is 0 Å². The molecule has 0 spiro atoms. The zero-order valence-corrected chi connectivity index (χ0v) is 21.6. The Morgan fingerprint density at radius 2 is 0.938 bits per heavy atom. The molecule has 0 aromatic carbocycles. The van der Waals surface area contributed by atoms with E-state index in [4.69, 9.17) is 14.2 Å². The first kappa shape index (κ1) is 26.5. The Bertz CT molecular complexity index is 411. The number of ether oxygens (including phenoxy) is 3. The molecule has 0 aromatic rings. The van der Waals surface area contributed by atoms with Crippen molar-refractivity contribution in [1.82, 2.24) is 0 Å². The highest BCUT2D eigenvalue weighted by atomic mass is 16.9. The van der Waals surface area contributed by atoms with Gasteiger partial charge < -0.3 is 14.2 Å². The fourth-order valence-corrected chi connectivity index (χ4v) is 6.09. The van der Waals surface area contributed by atoms with Crippen LogP contribution in [0.2, 0.25) is 0 Å². The highest BCUT2D eigenvalue weighted by Crippen LogP contribution is 2.40. The van der Waals surface area contributed by atoms with E-state index >= 15 is 0 Å². The van der Waals surface area contributed by atoms with Gasteiger partial charge in [-0.2, -0.15) is 0 Å². The second kappa shape index (κ2) is 15.0. The van der Waals surface area contributed by atoms with E-state index in [0.717, 1.165) is 6.42 Å². The molecule has 1 atom stereocenters. The highest BCUT2D eigenvalue weighted by molar-refractivity contribution is 4.79. The Morgan fingerprint density at radius 1 is 0.562 bits per heavy atom. The molecule has 3 saturated carbocycles. The van der Waals surface area contributed by atoms with Crippen LogP contribution < -0.4 is 0 Å². The molecule has 3 aliphatic rings. The fourth-order valence-electron chi connectivity index (χ4n) is 6.09. The third-order valence-corrected chi connectivity index (χ3v) is 8.24. The lowest BCUT2D eigenvalue weighted by Gasteiger charge is -2.46. The highest BCUT2D eigenvalue weighted by Gasteiger charge is 2.46. The van der Waals surface area contributed by atoms with Crippen LogP contribution >= 0.6 is 0 Å². The van der Waals surface area contributed by atoms with Crippen molar-refractivity contribution in [1.29, 1.82) is 0 Å². The molecule has 3 aliphatic carbocycles. The van der Waals surface area contributed by atoms with E-state index in [-0.39, 0.29) is 0 Å². The summed E-state index contributed by atoms with van der Waals surface area (Å²) >= 11 is 0. The lowest BCUT2D eigenvalue weighted by Crippen LogP contribution is -2.52. The summed E-state index contributed by atoms with van der Waals surface area (Å²) in [6.07, 6.45) is 29.0. The Morgan fingerprint density at radius 3 is 1.34 bits per heavy atom. The van der Waals surface area contributed by atoms with Crippen LogP contribution in [0.25, 0.3) is 0 Å². The number of rotatable bonds is 14. The van der Waals surface area contributed by atoms with E-state index in [0.29, 0.717) is 24.2 Å². The first-order valence-electron chi connectivity index (χ1n) is 14.8. The topological polar surface area (TPSA) is 27.7 Å². The monoisotopic (exact) mass is 450 g/mol. The van der Waals surface area contributed by atoms with Crippen LogP contribution in [-0.4, -0.2) is 24.3 Å². The molecule has 0 radical (unpaired) electrons. The van der Waals surface area contributed by atoms with E-state index < -0.39 is 5.97 Å². The maximum atomic E-state index is 7.00. The second-order valence-corrected chi connectivity index (χ2v) is 11.2. The Balaban J connectivity index is 1.69. The van der Waals surface area contributed by atoms with Crippen LogP contribution in [0.3, 0.4) is 0 Å². The van der Waals surface area contributed by atoms with Gasteiger partial charge in [0.1, 0.15) is 0 Å². The van der Waals surface area contributed by atoms with E-state index in [9.17, 15) is 0 Å². The van der Waals surface area contributed by atoms with Crippen LogP contribution in [0, 0.1) is 5.92 Å². The molecule has 1 unspecified atom stereocenters. The summed E-state index contributed by atoms with van der Waals surface area (Å²) in [5, 5.41) is 0. The van der Waals surface area contributed by atoms with Crippen molar-refractivity contribution in [3.63, 3.8) is 0 Å². The summed E-state index contributed by atoms with van der Waals surface area (Å²) in [5.41, 5.74) is 0. The number of unbranched alkanes of at least 4 members (excludes halogenated alkanes) is 5. The molecular weight excluding hydrogens is 396 g/mol. The second-order valence-electron chi connectivity index (χ2n) is 11.2. The summed E-state index contributed by atoms with van der Waals surface area (Å²) in [6, 6.07) is 0. The van der Waals surface area contributed by atoms with Gasteiger partial charge in [-0.05, 0) is 44.9 Å². The minimum absolute atomic E-state index is 0.291. The SMILES string of the molecule is CCCCCCCCC(C)C(OC1CCCCC1)(OC1CCCCC1)OC1CCCCC1. The van der Waals surface area contributed by atoms with Gasteiger partial charge in [-0.15, -0.1) is 0 Å². The predicted octanol–water partition coefficient (Wildman–Crippen LogP) is 9.07. The zero-order valence-electron chi connectivity index (χ0n) is 21.6. The molecule has 3 rings (SSSR count). The van der Waals surface area contributed by atoms with E-state index in [1.54, 1.807) is 0 Å². The van der Waals surface area contributed by atoms with Gasteiger partial charge in [-0.3, -0.25) is 0 Å². The smallest absolute Gasteiger partial charge is 0.286 e. The molecule has 0 aromatic heterocycles. The summed E-state index contributed by atoms with van der Waals surface area (Å²) in [4.78, 5) is 0. The van der Waals surface area contributed by atoms with Gasteiger partial charge in [-0.25, -0.2) is 0 Å². The normalized spacial score (nSPS) is 23.4. The van der Waals surface area contributed by atoms with Gasteiger partial charge in [0.05, 0.1) is 18.3 Å². The molecule has 0 bridgehead atoms. The molecule has 32 heavy (non-hydrogen) atoms. The van der Waals surface area contributed by atoms with Crippen molar-refractivity contribution in [2.45, 2.75) is 179 Å². The molecular formula is C29H54O3. The van der Waals surface area contributed by atoms with Gasteiger partial charge in [0, 0.05) is 5.92 Å². The molecule has 3 nitrogen and oxygen atoms in total. The number of hydrogen-bond donors (Lipinski definition) is 0. The summed E-state index contributed by atoms with van der Waals surface area (Å²) in [5.74, 6) is -0.533. The van der Waals surface area contributed by atoms with Crippen molar-refractivity contribution < 1.29 is 14.2 Å². The first-order valence-corrected chi connectivity index (χ1v) is 14.8. The van der Waals surface area contributed by atoms with Crippen LogP contribution in [0.1, 0.15) is 155 Å². The lowest BCUT2D eigenvalue weighted by molar-refractivity contribution is -0.442. The Labute approximate surface area is 199 Å². The fraction of sp³-hybridized carbons (Fsp3) is 1.00. The van der Waals surface area contributed by atoms with Crippen molar-refractivity contribution in [3.05, 3.63) is 0 Å². The molecule has 3 fully saturated rings. The van der Waals surface area contributed by atoms with Crippen LogP contribution in [0.15, 0.2) is 0 Å². The van der Waals surface area contributed by atoms with E-state index in [1.807, 2.05) is 0 Å². The van der Waals surface area contributed by atoms with Gasteiger partial charge in [0.2, 0.25) is 0 Å². The molecule has 0 heterocycles. The van der Waals surface area contributed by atoms with Crippen molar-refractivity contribution in [2.75, 3.05) is 0 Å². The lowest BCUT2D eigenvalue weighted by atomic mass is 9.94. The third-order valence-electron chi connectivity index (χ3n) is 8.24. The molecule has 0 aliphatic heterocycles. The first-order chi connectivity index (χ1) is 15.7. The summed E-state index contributed by atoms with van der Waals surface area (Å²) in [6.45, 7) is 4.66.